The second kappa shape index (κ2) is 10.7. The number of rotatable bonds is 9. The topological polar surface area (TPSA) is 75.3 Å². The van der Waals surface area contributed by atoms with Crippen LogP contribution in [0.3, 0.4) is 0 Å². The fourth-order valence-electron chi connectivity index (χ4n) is 3.05. The Labute approximate surface area is 174 Å². The summed E-state index contributed by atoms with van der Waals surface area (Å²) in [5.74, 6) is -2.82. The quantitative estimate of drug-likeness (QED) is 0.656. The molecular weight excluding hydrogens is 390 g/mol. The molecule has 0 saturated carbocycles. The normalized spacial score (nSPS) is 13.0. The molecule has 0 aliphatic rings. The Hall–Kier alpha value is -2.93. The van der Waals surface area contributed by atoms with Crippen LogP contribution < -0.4 is 10.6 Å². The molecule has 30 heavy (non-hydrogen) atoms. The van der Waals surface area contributed by atoms with Crippen LogP contribution in [-0.4, -0.2) is 23.6 Å². The first-order valence-electron chi connectivity index (χ1n) is 9.78. The Bertz CT molecular complexity index is 880. The number of benzene rings is 2. The minimum Gasteiger partial charge on any atom is -0.298 e. The van der Waals surface area contributed by atoms with Gasteiger partial charge in [-0.3, -0.25) is 25.0 Å². The molecule has 0 saturated heterocycles. The maximum atomic E-state index is 13.3. The van der Waals surface area contributed by atoms with Gasteiger partial charge in [-0.05, 0) is 36.1 Å². The molecule has 0 bridgehead atoms. The van der Waals surface area contributed by atoms with Gasteiger partial charge >= 0.3 is 0 Å². The fourth-order valence-corrected chi connectivity index (χ4v) is 3.05. The van der Waals surface area contributed by atoms with E-state index in [0.717, 1.165) is 17.7 Å². The van der Waals surface area contributed by atoms with Crippen molar-refractivity contribution in [3.05, 3.63) is 71.3 Å². The molecule has 160 valence electrons. The Balaban J connectivity index is 2.03. The van der Waals surface area contributed by atoms with E-state index < -0.39 is 35.5 Å². The van der Waals surface area contributed by atoms with E-state index in [0.29, 0.717) is 12.5 Å². The van der Waals surface area contributed by atoms with Crippen molar-refractivity contribution < 1.29 is 23.2 Å². The number of Topliss-reactive ketones (excluding diaryl/α,β-unsaturated/α-hetero) is 1. The molecule has 0 fully saturated rings. The molecule has 0 aromatic heterocycles. The highest BCUT2D eigenvalue weighted by atomic mass is 19.1. The van der Waals surface area contributed by atoms with E-state index in [4.69, 9.17) is 0 Å². The first-order valence-corrected chi connectivity index (χ1v) is 9.78. The molecule has 2 N–H and O–H groups in total. The molecule has 0 aliphatic carbocycles. The van der Waals surface area contributed by atoms with Gasteiger partial charge in [0.1, 0.15) is 11.6 Å². The number of halogens is 2. The largest absolute Gasteiger partial charge is 0.298 e. The molecule has 1 unspecified atom stereocenters. The zero-order valence-electron chi connectivity index (χ0n) is 17.2. The number of ketones is 1. The van der Waals surface area contributed by atoms with Gasteiger partial charge in [0.05, 0.1) is 18.5 Å². The molecule has 0 radical (unpaired) electrons. The maximum absolute atomic E-state index is 13.3. The summed E-state index contributed by atoms with van der Waals surface area (Å²) in [5.41, 5.74) is 0.844. The Morgan fingerprint density at radius 1 is 0.933 bits per heavy atom. The monoisotopic (exact) mass is 416 g/mol. The van der Waals surface area contributed by atoms with Crippen LogP contribution in [0.5, 0.6) is 0 Å². The first-order chi connectivity index (χ1) is 14.2. The molecule has 2 rings (SSSR count). The smallest absolute Gasteiger partial charge is 0.243 e. The lowest BCUT2D eigenvalue weighted by atomic mass is 9.95. The van der Waals surface area contributed by atoms with E-state index in [2.05, 4.69) is 10.6 Å². The van der Waals surface area contributed by atoms with Crippen molar-refractivity contribution in [2.24, 2.45) is 5.92 Å². The zero-order valence-corrected chi connectivity index (χ0v) is 17.2. The summed E-state index contributed by atoms with van der Waals surface area (Å²) < 4.78 is 26.5. The lowest BCUT2D eigenvalue weighted by Gasteiger charge is -2.23. The van der Waals surface area contributed by atoms with Gasteiger partial charge in [0.25, 0.3) is 0 Å². The first kappa shape index (κ1) is 23.3. The molecule has 2 aromatic carbocycles. The van der Waals surface area contributed by atoms with Gasteiger partial charge in [-0.25, -0.2) is 8.78 Å². The Kier molecular flexibility index (Phi) is 8.35. The number of imide groups is 1. The van der Waals surface area contributed by atoms with Crippen molar-refractivity contribution in [1.82, 2.24) is 10.6 Å². The van der Waals surface area contributed by atoms with E-state index in [1.807, 2.05) is 19.9 Å². The van der Waals surface area contributed by atoms with Crippen LogP contribution in [0.15, 0.2) is 48.5 Å². The molecule has 0 heterocycles. The van der Waals surface area contributed by atoms with E-state index in [-0.39, 0.29) is 23.7 Å². The third kappa shape index (κ3) is 7.15. The fraction of sp³-hybridized carbons (Fsp3) is 0.348. The lowest BCUT2D eigenvalue weighted by molar-refractivity contribution is -0.131. The highest BCUT2D eigenvalue weighted by Crippen LogP contribution is 2.18. The predicted molar refractivity (Wildman–Crippen MR) is 109 cm³/mol. The third-order valence-electron chi connectivity index (χ3n) is 4.42. The number of hydrogen-bond donors (Lipinski definition) is 2. The maximum Gasteiger partial charge on any atom is 0.243 e. The van der Waals surface area contributed by atoms with Crippen LogP contribution in [0, 0.1) is 17.6 Å². The minimum absolute atomic E-state index is 0.0580. The number of carbonyl (C=O) groups excluding carboxylic acids is 3. The molecule has 5 nitrogen and oxygen atoms in total. The Morgan fingerprint density at radius 3 is 2.10 bits per heavy atom. The van der Waals surface area contributed by atoms with Crippen molar-refractivity contribution in [3.8, 4) is 0 Å². The van der Waals surface area contributed by atoms with Crippen molar-refractivity contribution in [1.29, 1.82) is 0 Å². The highest BCUT2D eigenvalue weighted by Gasteiger charge is 2.26. The van der Waals surface area contributed by atoms with E-state index in [9.17, 15) is 23.2 Å². The van der Waals surface area contributed by atoms with Gasteiger partial charge in [0.15, 0.2) is 5.78 Å². The Morgan fingerprint density at radius 2 is 1.53 bits per heavy atom. The summed E-state index contributed by atoms with van der Waals surface area (Å²) in [7, 11) is 0. The number of nitrogens with one attached hydrogen (secondary N) is 2. The van der Waals surface area contributed by atoms with Crippen molar-refractivity contribution in [2.75, 3.05) is 0 Å². The minimum atomic E-state index is -0.848. The summed E-state index contributed by atoms with van der Waals surface area (Å²) in [6.45, 7) is 5.41. The van der Waals surface area contributed by atoms with E-state index >= 15 is 0 Å². The molecule has 2 amide bonds. The van der Waals surface area contributed by atoms with E-state index in [1.165, 1.54) is 0 Å². The highest BCUT2D eigenvalue weighted by molar-refractivity contribution is 5.98. The summed E-state index contributed by atoms with van der Waals surface area (Å²) in [4.78, 5) is 37.3. The average Bonchev–Trinajstić information content (AvgIpc) is 2.64. The van der Waals surface area contributed by atoms with Crippen LogP contribution in [0.4, 0.5) is 8.78 Å². The van der Waals surface area contributed by atoms with Gasteiger partial charge in [-0.15, -0.1) is 0 Å². The number of hydrogen-bond acceptors (Lipinski definition) is 4. The van der Waals surface area contributed by atoms with Crippen molar-refractivity contribution in [3.63, 3.8) is 0 Å². The van der Waals surface area contributed by atoms with E-state index in [1.54, 1.807) is 31.2 Å². The molecule has 2 atom stereocenters. The zero-order chi connectivity index (χ0) is 22.3. The summed E-state index contributed by atoms with van der Waals surface area (Å²) in [6.07, 6.45) is -0.00744. The van der Waals surface area contributed by atoms with Crippen LogP contribution in [-0.2, 0) is 20.8 Å². The molecule has 0 spiro atoms. The molecule has 7 heteroatoms. The van der Waals surface area contributed by atoms with Crippen LogP contribution in [0.25, 0.3) is 0 Å². The number of amides is 2. The predicted octanol–water partition coefficient (Wildman–Crippen LogP) is 3.48. The molecular formula is C23H26F2N2O3. The van der Waals surface area contributed by atoms with Crippen molar-refractivity contribution >= 4 is 17.6 Å². The molecule has 2 aromatic rings. The van der Waals surface area contributed by atoms with Crippen molar-refractivity contribution in [2.45, 2.75) is 45.7 Å². The van der Waals surface area contributed by atoms with Crippen LogP contribution >= 0.6 is 0 Å². The van der Waals surface area contributed by atoms with Gasteiger partial charge in [-0.2, -0.15) is 0 Å². The standard InChI is InChI=1S/C23H26F2N2O3/c1-14(2)9-20(28)22(17-7-5-4-6-8-17)26-15(3)23(30)27-21(29)12-16-10-18(24)13-19(25)11-16/h4-8,10-11,13-15,22,26H,9,12H2,1-3H3,(H,27,29,30)/t15-,22?/m0/s1. The van der Waals surface area contributed by atoms with Crippen LogP contribution in [0.1, 0.15) is 44.4 Å². The van der Waals surface area contributed by atoms with Gasteiger partial charge in [0, 0.05) is 12.5 Å². The summed E-state index contributed by atoms with van der Waals surface area (Å²) in [6, 6.07) is 10.3. The molecule has 0 aliphatic heterocycles. The SMILES string of the molecule is CC(C)CC(=O)C(N[C@@H](C)C(=O)NC(=O)Cc1cc(F)cc(F)c1)c1ccccc1. The summed E-state index contributed by atoms with van der Waals surface area (Å²) in [5, 5.41) is 5.20. The second-order valence-electron chi connectivity index (χ2n) is 7.66. The third-order valence-corrected chi connectivity index (χ3v) is 4.42. The second-order valence-corrected chi connectivity index (χ2v) is 7.66. The lowest BCUT2D eigenvalue weighted by Crippen LogP contribution is -2.47. The van der Waals surface area contributed by atoms with Gasteiger partial charge < -0.3 is 0 Å². The van der Waals surface area contributed by atoms with Gasteiger partial charge in [0.2, 0.25) is 11.8 Å². The summed E-state index contributed by atoms with van der Waals surface area (Å²) >= 11 is 0. The van der Waals surface area contributed by atoms with Crippen LogP contribution in [0.2, 0.25) is 0 Å². The van der Waals surface area contributed by atoms with Gasteiger partial charge in [-0.1, -0.05) is 44.2 Å². The number of carbonyl (C=O) groups is 3. The average molecular weight is 416 g/mol.